The summed E-state index contributed by atoms with van der Waals surface area (Å²) >= 11 is 12.3. The quantitative estimate of drug-likeness (QED) is 0.895. The molecule has 0 saturated carbocycles. The second kappa shape index (κ2) is 7.87. The highest BCUT2D eigenvalue weighted by Crippen LogP contribution is 2.28. The van der Waals surface area contributed by atoms with Gasteiger partial charge in [-0.15, -0.1) is 0 Å². The van der Waals surface area contributed by atoms with Crippen LogP contribution >= 0.6 is 23.2 Å². The molecular formula is C18H24Cl2N2O. The lowest BCUT2D eigenvalue weighted by atomic mass is 9.88. The molecule has 0 atom stereocenters. The number of carbonyl (C=O) groups is 1. The van der Waals surface area contributed by atoms with Crippen LogP contribution < -0.4 is 5.32 Å². The Kier molecular flexibility index (Phi) is 5.84. The van der Waals surface area contributed by atoms with Gasteiger partial charge in [0.1, 0.15) is 0 Å². The summed E-state index contributed by atoms with van der Waals surface area (Å²) in [6.45, 7) is 3.71. The Labute approximate surface area is 148 Å². The minimum absolute atomic E-state index is 0.232. The lowest BCUT2D eigenvalue weighted by molar-refractivity contribution is -0.137. The van der Waals surface area contributed by atoms with Crippen LogP contribution in [0, 0.1) is 11.8 Å². The second-order valence-corrected chi connectivity index (χ2v) is 7.58. The van der Waals surface area contributed by atoms with Crippen molar-refractivity contribution in [1.29, 1.82) is 0 Å². The topological polar surface area (TPSA) is 32.3 Å². The number of benzene rings is 1. The standard InChI is InChI=1S/C18H24Cl2N2O/c19-16-1-2-17(20)15(12-16)11-13-5-9-22(10-6-13)18(23)14-3-7-21-8-4-14/h1-2,12-14,21H,3-11H2. The molecule has 0 aliphatic carbocycles. The smallest absolute Gasteiger partial charge is 0.225 e. The largest absolute Gasteiger partial charge is 0.342 e. The van der Waals surface area contributed by atoms with E-state index in [4.69, 9.17) is 23.2 Å². The van der Waals surface area contributed by atoms with Gasteiger partial charge in [-0.2, -0.15) is 0 Å². The van der Waals surface area contributed by atoms with E-state index >= 15 is 0 Å². The predicted octanol–water partition coefficient (Wildman–Crippen LogP) is 3.77. The molecule has 3 rings (SSSR count). The first-order valence-corrected chi connectivity index (χ1v) is 9.32. The van der Waals surface area contributed by atoms with E-state index in [1.807, 2.05) is 18.2 Å². The fraction of sp³-hybridized carbons (Fsp3) is 0.611. The van der Waals surface area contributed by atoms with Crippen molar-refractivity contribution in [2.24, 2.45) is 11.8 Å². The Morgan fingerprint density at radius 1 is 1.13 bits per heavy atom. The summed E-state index contributed by atoms with van der Waals surface area (Å²) < 4.78 is 0. The van der Waals surface area contributed by atoms with E-state index in [2.05, 4.69) is 10.2 Å². The van der Waals surface area contributed by atoms with E-state index in [-0.39, 0.29) is 5.92 Å². The van der Waals surface area contributed by atoms with Gasteiger partial charge in [0.25, 0.3) is 0 Å². The summed E-state index contributed by atoms with van der Waals surface area (Å²) in [5, 5.41) is 4.86. The monoisotopic (exact) mass is 354 g/mol. The molecule has 126 valence electrons. The summed E-state index contributed by atoms with van der Waals surface area (Å²) in [6.07, 6.45) is 5.03. The molecule has 1 N–H and O–H groups in total. The molecule has 3 nitrogen and oxygen atoms in total. The molecule has 2 aliphatic heterocycles. The first-order chi connectivity index (χ1) is 11.1. The summed E-state index contributed by atoms with van der Waals surface area (Å²) in [5.41, 5.74) is 1.13. The van der Waals surface area contributed by atoms with Crippen molar-refractivity contribution < 1.29 is 4.79 Å². The molecule has 23 heavy (non-hydrogen) atoms. The maximum Gasteiger partial charge on any atom is 0.225 e. The van der Waals surface area contributed by atoms with E-state index < -0.39 is 0 Å². The Morgan fingerprint density at radius 2 is 1.83 bits per heavy atom. The van der Waals surface area contributed by atoms with Crippen molar-refractivity contribution in [3.05, 3.63) is 33.8 Å². The number of halogens is 2. The van der Waals surface area contributed by atoms with Crippen molar-refractivity contribution >= 4 is 29.1 Å². The molecule has 1 aromatic carbocycles. The van der Waals surface area contributed by atoms with Crippen molar-refractivity contribution in [2.75, 3.05) is 26.2 Å². The lowest BCUT2D eigenvalue weighted by Gasteiger charge is -2.35. The average Bonchev–Trinajstić information content (AvgIpc) is 2.59. The maximum absolute atomic E-state index is 12.6. The molecule has 2 fully saturated rings. The van der Waals surface area contributed by atoms with E-state index in [0.717, 1.165) is 73.9 Å². The average molecular weight is 355 g/mol. The lowest BCUT2D eigenvalue weighted by Crippen LogP contribution is -2.44. The summed E-state index contributed by atoms with van der Waals surface area (Å²) in [5.74, 6) is 1.18. The molecule has 5 heteroatoms. The number of likely N-dealkylation sites (tertiary alicyclic amines) is 1. The van der Waals surface area contributed by atoms with E-state index in [0.29, 0.717) is 11.8 Å². The van der Waals surface area contributed by atoms with Crippen LogP contribution in [-0.2, 0) is 11.2 Å². The van der Waals surface area contributed by atoms with Crippen LogP contribution in [0.2, 0.25) is 10.0 Å². The number of hydrogen-bond donors (Lipinski definition) is 1. The maximum atomic E-state index is 12.6. The Hall–Kier alpha value is -0.770. The summed E-state index contributed by atoms with van der Waals surface area (Å²) in [6, 6.07) is 5.67. The molecule has 0 unspecified atom stereocenters. The molecule has 0 spiro atoms. The van der Waals surface area contributed by atoms with Crippen molar-refractivity contribution in [2.45, 2.75) is 32.1 Å². The fourth-order valence-electron chi connectivity index (χ4n) is 3.70. The van der Waals surface area contributed by atoms with E-state index in [1.165, 1.54) is 0 Å². The minimum atomic E-state index is 0.232. The third-order valence-electron chi connectivity index (χ3n) is 5.13. The van der Waals surface area contributed by atoms with Crippen LogP contribution in [0.5, 0.6) is 0 Å². The van der Waals surface area contributed by atoms with Crippen molar-refractivity contribution in [3.63, 3.8) is 0 Å². The van der Waals surface area contributed by atoms with Crippen LogP contribution in [0.25, 0.3) is 0 Å². The normalized spacial score (nSPS) is 20.7. The van der Waals surface area contributed by atoms with Crippen molar-refractivity contribution in [3.8, 4) is 0 Å². The summed E-state index contributed by atoms with van der Waals surface area (Å²) in [4.78, 5) is 14.7. The van der Waals surface area contributed by atoms with Gasteiger partial charge in [-0.1, -0.05) is 23.2 Å². The third-order valence-corrected chi connectivity index (χ3v) is 5.73. The van der Waals surface area contributed by atoms with Crippen LogP contribution in [0.1, 0.15) is 31.2 Å². The van der Waals surface area contributed by atoms with E-state index in [9.17, 15) is 4.79 Å². The van der Waals surface area contributed by atoms with Gasteiger partial charge in [0, 0.05) is 29.1 Å². The zero-order chi connectivity index (χ0) is 16.2. The number of rotatable bonds is 3. The predicted molar refractivity (Wildman–Crippen MR) is 95.1 cm³/mol. The van der Waals surface area contributed by atoms with Gasteiger partial charge in [0.15, 0.2) is 0 Å². The van der Waals surface area contributed by atoms with Crippen LogP contribution in [0.3, 0.4) is 0 Å². The Morgan fingerprint density at radius 3 is 2.52 bits per heavy atom. The highest BCUT2D eigenvalue weighted by atomic mass is 35.5. The first-order valence-electron chi connectivity index (χ1n) is 8.57. The minimum Gasteiger partial charge on any atom is -0.342 e. The number of hydrogen-bond acceptors (Lipinski definition) is 2. The zero-order valence-electron chi connectivity index (χ0n) is 13.4. The number of piperidine rings is 2. The Bertz CT molecular complexity index is 550. The number of amides is 1. The fourth-order valence-corrected chi connectivity index (χ4v) is 4.08. The molecule has 0 radical (unpaired) electrons. The SMILES string of the molecule is O=C(C1CCNCC1)N1CCC(Cc2cc(Cl)ccc2Cl)CC1. The zero-order valence-corrected chi connectivity index (χ0v) is 14.9. The van der Waals surface area contributed by atoms with E-state index in [1.54, 1.807) is 0 Å². The van der Waals surface area contributed by atoms with Gasteiger partial charge in [-0.25, -0.2) is 0 Å². The highest BCUT2D eigenvalue weighted by Gasteiger charge is 2.29. The number of carbonyl (C=O) groups excluding carboxylic acids is 1. The molecule has 0 bridgehead atoms. The molecule has 1 aromatic rings. The number of nitrogens with zero attached hydrogens (tertiary/aromatic N) is 1. The first kappa shape index (κ1) is 17.1. The molecule has 2 saturated heterocycles. The van der Waals surface area contributed by atoms with Crippen molar-refractivity contribution in [1.82, 2.24) is 10.2 Å². The molecule has 1 amide bonds. The third kappa shape index (κ3) is 4.40. The van der Waals surface area contributed by atoms with Gasteiger partial charge >= 0.3 is 0 Å². The second-order valence-electron chi connectivity index (χ2n) is 6.73. The van der Waals surface area contributed by atoms with Crippen LogP contribution in [0.15, 0.2) is 18.2 Å². The van der Waals surface area contributed by atoms with Crippen LogP contribution in [0.4, 0.5) is 0 Å². The van der Waals surface area contributed by atoms with Gasteiger partial charge in [0.2, 0.25) is 5.91 Å². The van der Waals surface area contributed by atoms with Gasteiger partial charge in [-0.05, 0) is 74.9 Å². The van der Waals surface area contributed by atoms with Gasteiger partial charge < -0.3 is 10.2 Å². The van der Waals surface area contributed by atoms with Crippen LogP contribution in [-0.4, -0.2) is 37.0 Å². The molecule has 2 heterocycles. The van der Waals surface area contributed by atoms with Gasteiger partial charge in [-0.3, -0.25) is 4.79 Å². The molecule has 2 aliphatic rings. The molecular weight excluding hydrogens is 331 g/mol. The highest BCUT2D eigenvalue weighted by molar-refractivity contribution is 6.33. The van der Waals surface area contributed by atoms with Gasteiger partial charge in [0.05, 0.1) is 0 Å². The summed E-state index contributed by atoms with van der Waals surface area (Å²) in [7, 11) is 0. The Balaban J connectivity index is 1.52. The molecule has 0 aromatic heterocycles. The number of nitrogens with one attached hydrogen (secondary N) is 1.